The van der Waals surface area contributed by atoms with E-state index < -0.39 is 0 Å². The Kier molecular flexibility index (Phi) is 5.03. The number of rotatable bonds is 6. The first-order valence-corrected chi connectivity index (χ1v) is 8.65. The Morgan fingerprint density at radius 3 is 2.84 bits per heavy atom. The summed E-state index contributed by atoms with van der Waals surface area (Å²) in [6.45, 7) is 0.340. The zero-order valence-corrected chi connectivity index (χ0v) is 14.5. The number of carbonyl (C=O) groups excluding carboxylic acids is 3. The Balaban J connectivity index is 1.48. The SMILES string of the molecule is CN1CC(=O)N(CCCC(=O)Nc2nc(-c3ccccn3)cs2)C1=O. The first kappa shape index (κ1) is 17.0. The molecular formula is C16H17N5O3S. The van der Waals surface area contributed by atoms with Crippen molar-refractivity contribution < 1.29 is 14.4 Å². The molecule has 8 nitrogen and oxygen atoms in total. The van der Waals surface area contributed by atoms with Gasteiger partial charge in [0, 0.05) is 31.6 Å². The molecule has 130 valence electrons. The molecule has 1 aliphatic rings. The number of hydrogen-bond acceptors (Lipinski definition) is 6. The standard InChI is InChI=1S/C16H17N5O3S/c1-20-9-14(23)21(16(20)24)8-4-6-13(22)19-15-18-12(10-25-15)11-5-2-3-7-17-11/h2-3,5,7,10H,4,6,8-9H2,1H3,(H,18,19,22). The summed E-state index contributed by atoms with van der Waals surface area (Å²) in [6.07, 6.45) is 2.31. The normalized spacial score (nSPS) is 14.3. The number of carbonyl (C=O) groups is 3. The third-order valence-electron chi connectivity index (χ3n) is 3.69. The molecule has 1 fully saturated rings. The van der Waals surface area contributed by atoms with Gasteiger partial charge < -0.3 is 10.2 Å². The van der Waals surface area contributed by atoms with Gasteiger partial charge in [-0.15, -0.1) is 11.3 Å². The van der Waals surface area contributed by atoms with Gasteiger partial charge in [-0.25, -0.2) is 9.78 Å². The van der Waals surface area contributed by atoms with Crippen molar-refractivity contribution in [3.05, 3.63) is 29.8 Å². The van der Waals surface area contributed by atoms with Crippen molar-refractivity contribution in [2.75, 3.05) is 25.5 Å². The van der Waals surface area contributed by atoms with E-state index in [4.69, 9.17) is 0 Å². The number of amides is 4. The van der Waals surface area contributed by atoms with Crippen molar-refractivity contribution in [2.24, 2.45) is 0 Å². The highest BCUT2D eigenvalue weighted by Gasteiger charge is 2.32. The highest BCUT2D eigenvalue weighted by Crippen LogP contribution is 2.23. The molecule has 2 aromatic heterocycles. The molecular weight excluding hydrogens is 342 g/mol. The molecule has 3 rings (SSSR count). The number of imide groups is 1. The van der Waals surface area contributed by atoms with Crippen molar-refractivity contribution in [2.45, 2.75) is 12.8 Å². The monoisotopic (exact) mass is 359 g/mol. The van der Waals surface area contributed by atoms with Crippen molar-refractivity contribution in [1.82, 2.24) is 19.8 Å². The molecule has 1 N–H and O–H groups in total. The summed E-state index contributed by atoms with van der Waals surface area (Å²) in [5.41, 5.74) is 1.45. The summed E-state index contributed by atoms with van der Waals surface area (Å²) < 4.78 is 0. The quantitative estimate of drug-likeness (QED) is 0.794. The fraction of sp³-hybridized carbons (Fsp3) is 0.312. The minimum absolute atomic E-state index is 0.0977. The summed E-state index contributed by atoms with van der Waals surface area (Å²) in [6, 6.07) is 5.23. The maximum absolute atomic E-state index is 12.0. The van der Waals surface area contributed by atoms with Crippen LogP contribution < -0.4 is 5.32 Å². The van der Waals surface area contributed by atoms with E-state index in [-0.39, 0.29) is 37.4 Å². The smallest absolute Gasteiger partial charge is 0.318 e. The van der Waals surface area contributed by atoms with Crippen LogP contribution in [0.15, 0.2) is 29.8 Å². The Morgan fingerprint density at radius 2 is 2.16 bits per heavy atom. The largest absolute Gasteiger partial charge is 0.326 e. The number of urea groups is 1. The van der Waals surface area contributed by atoms with Crippen LogP contribution in [0.2, 0.25) is 0 Å². The minimum Gasteiger partial charge on any atom is -0.318 e. The molecule has 0 saturated carbocycles. The lowest BCUT2D eigenvalue weighted by Gasteiger charge is -2.13. The molecule has 3 heterocycles. The molecule has 0 bridgehead atoms. The molecule has 25 heavy (non-hydrogen) atoms. The highest BCUT2D eigenvalue weighted by atomic mass is 32.1. The molecule has 1 saturated heterocycles. The van der Waals surface area contributed by atoms with E-state index in [1.807, 2.05) is 23.6 Å². The second-order valence-corrected chi connectivity index (χ2v) is 6.45. The lowest BCUT2D eigenvalue weighted by molar-refractivity contribution is -0.125. The van der Waals surface area contributed by atoms with E-state index in [1.165, 1.54) is 21.1 Å². The second-order valence-electron chi connectivity index (χ2n) is 5.59. The van der Waals surface area contributed by atoms with Crippen molar-refractivity contribution in [1.29, 1.82) is 0 Å². The molecule has 9 heteroatoms. The molecule has 0 aromatic carbocycles. The number of thiazole rings is 1. The Bertz CT molecular complexity index is 792. The summed E-state index contributed by atoms with van der Waals surface area (Å²) in [5, 5.41) is 5.06. The van der Waals surface area contributed by atoms with Gasteiger partial charge in [-0.3, -0.25) is 19.5 Å². The third-order valence-corrected chi connectivity index (χ3v) is 4.45. The van der Waals surface area contributed by atoms with Crippen LogP contribution in [-0.4, -0.2) is 57.8 Å². The highest BCUT2D eigenvalue weighted by molar-refractivity contribution is 7.14. The van der Waals surface area contributed by atoms with Crippen LogP contribution in [0.3, 0.4) is 0 Å². The van der Waals surface area contributed by atoms with Crippen LogP contribution in [-0.2, 0) is 9.59 Å². The van der Waals surface area contributed by atoms with Crippen molar-refractivity contribution in [3.8, 4) is 11.4 Å². The zero-order valence-electron chi connectivity index (χ0n) is 13.6. The van der Waals surface area contributed by atoms with Gasteiger partial charge in [0.05, 0.1) is 5.69 Å². The van der Waals surface area contributed by atoms with Crippen molar-refractivity contribution in [3.63, 3.8) is 0 Å². The lowest BCUT2D eigenvalue weighted by Crippen LogP contribution is -2.32. The van der Waals surface area contributed by atoms with Gasteiger partial charge in [-0.1, -0.05) is 6.07 Å². The Labute approximate surface area is 148 Å². The van der Waals surface area contributed by atoms with Gasteiger partial charge >= 0.3 is 6.03 Å². The number of hydrogen-bond donors (Lipinski definition) is 1. The maximum Gasteiger partial charge on any atom is 0.326 e. The molecule has 0 unspecified atom stereocenters. The van der Waals surface area contributed by atoms with E-state index in [9.17, 15) is 14.4 Å². The van der Waals surface area contributed by atoms with Crippen LogP contribution in [0.4, 0.5) is 9.93 Å². The molecule has 0 atom stereocenters. The third kappa shape index (κ3) is 4.00. The number of aromatic nitrogens is 2. The fourth-order valence-corrected chi connectivity index (χ4v) is 3.15. The molecule has 0 aliphatic carbocycles. The van der Waals surface area contributed by atoms with E-state index >= 15 is 0 Å². The molecule has 0 spiro atoms. The minimum atomic E-state index is -0.315. The number of anilines is 1. The van der Waals surface area contributed by atoms with E-state index in [0.29, 0.717) is 17.2 Å². The van der Waals surface area contributed by atoms with Gasteiger partial charge in [-0.05, 0) is 18.6 Å². The lowest BCUT2D eigenvalue weighted by atomic mass is 10.3. The van der Waals surface area contributed by atoms with E-state index in [0.717, 1.165) is 5.69 Å². The summed E-state index contributed by atoms with van der Waals surface area (Å²) in [7, 11) is 1.58. The summed E-state index contributed by atoms with van der Waals surface area (Å²) in [5.74, 6) is -0.429. The molecule has 1 aliphatic heterocycles. The van der Waals surface area contributed by atoms with Gasteiger partial charge in [0.15, 0.2) is 5.13 Å². The summed E-state index contributed by atoms with van der Waals surface area (Å²) >= 11 is 1.32. The molecule has 2 aromatic rings. The van der Waals surface area contributed by atoms with Gasteiger partial charge in [0.1, 0.15) is 12.2 Å². The fourth-order valence-electron chi connectivity index (χ4n) is 2.43. The first-order valence-electron chi connectivity index (χ1n) is 7.77. The number of nitrogens with zero attached hydrogens (tertiary/aromatic N) is 4. The van der Waals surface area contributed by atoms with Crippen LogP contribution in [0.1, 0.15) is 12.8 Å². The average Bonchev–Trinajstić information content (AvgIpc) is 3.15. The zero-order chi connectivity index (χ0) is 17.8. The van der Waals surface area contributed by atoms with Crippen LogP contribution in [0.25, 0.3) is 11.4 Å². The Morgan fingerprint density at radius 1 is 1.32 bits per heavy atom. The van der Waals surface area contributed by atoms with E-state index in [1.54, 1.807) is 13.2 Å². The maximum atomic E-state index is 12.0. The van der Waals surface area contributed by atoms with Gasteiger partial charge in [0.25, 0.3) is 0 Å². The summed E-state index contributed by atoms with van der Waals surface area (Å²) in [4.78, 5) is 46.5. The molecule has 4 amide bonds. The second kappa shape index (κ2) is 7.39. The topological polar surface area (TPSA) is 95.5 Å². The van der Waals surface area contributed by atoms with Gasteiger partial charge in [0.2, 0.25) is 11.8 Å². The van der Waals surface area contributed by atoms with Crippen molar-refractivity contribution >= 4 is 34.3 Å². The van der Waals surface area contributed by atoms with Crippen LogP contribution in [0, 0.1) is 0 Å². The van der Waals surface area contributed by atoms with Crippen LogP contribution in [0.5, 0.6) is 0 Å². The predicted octanol–water partition coefficient (Wildman–Crippen LogP) is 1.82. The first-order chi connectivity index (χ1) is 12.0. The van der Waals surface area contributed by atoms with E-state index in [2.05, 4.69) is 15.3 Å². The Hall–Kier alpha value is -2.81. The number of likely N-dealkylation sites (N-methyl/N-ethyl adjacent to an activating group) is 1. The molecule has 0 radical (unpaired) electrons. The average molecular weight is 359 g/mol. The number of nitrogens with one attached hydrogen (secondary N) is 1. The predicted molar refractivity (Wildman–Crippen MR) is 92.9 cm³/mol. The van der Waals surface area contributed by atoms with Gasteiger partial charge in [-0.2, -0.15) is 0 Å². The van der Waals surface area contributed by atoms with Crippen LogP contribution >= 0.6 is 11.3 Å². The number of pyridine rings is 1.